The highest BCUT2D eigenvalue weighted by molar-refractivity contribution is 9.24. The Morgan fingerprint density at radius 1 is 1.11 bits per heavy atom. The van der Waals surface area contributed by atoms with Gasteiger partial charge in [0.25, 0.3) is 0 Å². The number of allylic oxidation sites excluding steroid dienone is 1. The molecular weight excluding hydrogens is 300 g/mol. The summed E-state index contributed by atoms with van der Waals surface area (Å²) in [6.45, 7) is 2.26. The molecule has 0 aliphatic rings. The number of hydrogen-bond donors (Lipinski definition) is 0. The summed E-state index contributed by atoms with van der Waals surface area (Å²) >= 11 is 3.85. The zero-order valence-electron chi connectivity index (χ0n) is 10.8. The van der Waals surface area contributed by atoms with Crippen molar-refractivity contribution >= 4 is 39.6 Å². The minimum Gasteiger partial charge on any atom is -0.130 e. The van der Waals surface area contributed by atoms with Crippen LogP contribution >= 0.6 is 15.3 Å². The molecule has 18 heavy (non-hydrogen) atoms. The van der Waals surface area contributed by atoms with Crippen LogP contribution in [0.2, 0.25) is 12.1 Å². The zero-order valence-corrected chi connectivity index (χ0v) is 13.5. The zero-order chi connectivity index (χ0) is 12.8. The van der Waals surface area contributed by atoms with Gasteiger partial charge in [-0.2, -0.15) is 0 Å². The number of benzene rings is 2. The third-order valence-electron chi connectivity index (χ3n) is 3.11. The topological polar surface area (TPSA) is 0 Å². The van der Waals surface area contributed by atoms with Gasteiger partial charge in [0, 0.05) is 0 Å². The van der Waals surface area contributed by atoms with Crippen LogP contribution in [0.3, 0.4) is 0 Å². The average Bonchev–Trinajstić information content (AvgIpc) is 2.39. The molecule has 0 saturated carbocycles. The summed E-state index contributed by atoms with van der Waals surface area (Å²) in [4.78, 5) is 0. The van der Waals surface area contributed by atoms with Crippen LogP contribution in [0.5, 0.6) is 0 Å². The van der Waals surface area contributed by atoms with E-state index in [2.05, 4.69) is 76.8 Å². The lowest BCUT2D eigenvalue weighted by Gasteiger charge is -2.03. The molecule has 0 aromatic heterocycles. The summed E-state index contributed by atoms with van der Waals surface area (Å²) in [6, 6.07) is 17.7. The minimum atomic E-state index is -0.680. The summed E-state index contributed by atoms with van der Waals surface area (Å²) in [5.74, 6) is 0. The first-order chi connectivity index (χ1) is 8.81. The van der Waals surface area contributed by atoms with E-state index in [-0.39, 0.29) is 0 Å². The van der Waals surface area contributed by atoms with Crippen LogP contribution in [0, 0.1) is 0 Å². The van der Waals surface area contributed by atoms with E-state index in [0.29, 0.717) is 0 Å². The first-order valence-electron chi connectivity index (χ1n) is 6.59. The summed E-state index contributed by atoms with van der Waals surface area (Å²) in [6.07, 6.45) is 5.91. The third-order valence-corrected chi connectivity index (χ3v) is 7.60. The van der Waals surface area contributed by atoms with E-state index in [0.717, 1.165) is 0 Å². The standard InChI is InChI=1S/C16H19BrSi/c1-2-12-18(17)13-6-10-15-9-5-8-14-7-3-4-11-16(14)15/h3-11,18H,2,12-13H2,1H3. The first kappa shape index (κ1) is 13.6. The Morgan fingerprint density at radius 3 is 2.72 bits per heavy atom. The maximum absolute atomic E-state index is 3.85. The molecule has 94 valence electrons. The van der Waals surface area contributed by atoms with Gasteiger partial charge in [-0.15, -0.1) is 15.3 Å². The monoisotopic (exact) mass is 318 g/mol. The molecule has 0 N–H and O–H groups in total. The Bertz CT molecular complexity index is 528. The molecule has 2 aromatic carbocycles. The Labute approximate surface area is 119 Å². The van der Waals surface area contributed by atoms with Gasteiger partial charge in [-0.05, 0) is 22.4 Å². The summed E-state index contributed by atoms with van der Waals surface area (Å²) < 4.78 is 0. The molecule has 0 fully saturated rings. The molecule has 0 nitrogen and oxygen atoms in total. The van der Waals surface area contributed by atoms with Gasteiger partial charge in [-0.1, -0.05) is 74.0 Å². The average molecular weight is 319 g/mol. The highest BCUT2D eigenvalue weighted by Crippen LogP contribution is 2.20. The van der Waals surface area contributed by atoms with Crippen molar-refractivity contribution in [3.63, 3.8) is 0 Å². The minimum absolute atomic E-state index is 0.680. The van der Waals surface area contributed by atoms with Crippen molar-refractivity contribution in [3.8, 4) is 0 Å². The smallest absolute Gasteiger partial charge is 0.118 e. The Kier molecular flexibility index (Phi) is 5.21. The number of halogens is 1. The van der Waals surface area contributed by atoms with E-state index in [1.807, 2.05) is 0 Å². The van der Waals surface area contributed by atoms with Crippen LogP contribution in [0.1, 0.15) is 18.9 Å². The molecule has 2 aromatic rings. The van der Waals surface area contributed by atoms with Crippen LogP contribution in [-0.2, 0) is 0 Å². The molecule has 0 saturated heterocycles. The molecule has 0 aliphatic carbocycles. The molecule has 0 amide bonds. The van der Waals surface area contributed by atoms with Gasteiger partial charge in [-0.3, -0.25) is 0 Å². The fraction of sp³-hybridized carbons (Fsp3) is 0.250. The molecule has 0 heterocycles. The quantitative estimate of drug-likeness (QED) is 0.512. The molecule has 1 unspecified atom stereocenters. The molecule has 0 bridgehead atoms. The van der Waals surface area contributed by atoms with Crippen molar-refractivity contribution < 1.29 is 0 Å². The van der Waals surface area contributed by atoms with E-state index in [1.165, 1.54) is 34.8 Å². The number of hydrogen-bond acceptors (Lipinski definition) is 0. The SMILES string of the molecule is CCC[SiH](Br)CC=Cc1cccc2ccccc12. The third kappa shape index (κ3) is 3.56. The van der Waals surface area contributed by atoms with Crippen molar-refractivity contribution in [2.75, 3.05) is 0 Å². The summed E-state index contributed by atoms with van der Waals surface area (Å²) in [7, 11) is -0.680. The molecule has 1 atom stereocenters. The molecule has 0 radical (unpaired) electrons. The van der Waals surface area contributed by atoms with Crippen LogP contribution in [-0.4, -0.2) is 7.42 Å². The summed E-state index contributed by atoms with van der Waals surface area (Å²) in [5, 5.41) is 2.67. The normalized spacial score (nSPS) is 13.2. The summed E-state index contributed by atoms with van der Waals surface area (Å²) in [5.41, 5.74) is 1.33. The van der Waals surface area contributed by atoms with Gasteiger partial charge < -0.3 is 0 Å². The highest BCUT2D eigenvalue weighted by Gasteiger charge is 2.02. The molecule has 2 heteroatoms. The largest absolute Gasteiger partial charge is 0.130 e. The van der Waals surface area contributed by atoms with E-state index in [9.17, 15) is 0 Å². The molecular formula is C16H19BrSi. The van der Waals surface area contributed by atoms with Crippen molar-refractivity contribution in [2.45, 2.75) is 25.4 Å². The van der Waals surface area contributed by atoms with Gasteiger partial charge in [0.15, 0.2) is 0 Å². The van der Waals surface area contributed by atoms with Crippen LogP contribution in [0.4, 0.5) is 0 Å². The fourth-order valence-electron chi connectivity index (χ4n) is 2.17. The number of rotatable bonds is 5. The van der Waals surface area contributed by atoms with Gasteiger partial charge >= 0.3 is 0 Å². The molecule has 0 aliphatic heterocycles. The maximum Gasteiger partial charge on any atom is 0.118 e. The van der Waals surface area contributed by atoms with Crippen molar-refractivity contribution in [2.24, 2.45) is 0 Å². The Morgan fingerprint density at radius 2 is 1.89 bits per heavy atom. The Hall–Kier alpha value is -0.863. The second kappa shape index (κ2) is 6.91. The lowest BCUT2D eigenvalue weighted by atomic mass is 10.0. The highest BCUT2D eigenvalue weighted by atomic mass is 79.9. The number of fused-ring (bicyclic) bond motifs is 1. The fourth-order valence-corrected chi connectivity index (χ4v) is 5.48. The van der Waals surface area contributed by atoms with Gasteiger partial charge in [0.1, 0.15) is 7.42 Å². The van der Waals surface area contributed by atoms with Crippen molar-refractivity contribution in [1.29, 1.82) is 0 Å². The predicted octanol–water partition coefficient (Wildman–Crippen LogP) is 5.38. The second-order valence-electron chi connectivity index (χ2n) is 4.59. The van der Waals surface area contributed by atoms with E-state index in [1.54, 1.807) is 0 Å². The molecule has 2 rings (SSSR count). The van der Waals surface area contributed by atoms with E-state index >= 15 is 0 Å². The lowest BCUT2D eigenvalue weighted by molar-refractivity contribution is 1.07. The van der Waals surface area contributed by atoms with Gasteiger partial charge in [0.05, 0.1) is 0 Å². The van der Waals surface area contributed by atoms with Crippen LogP contribution in [0.25, 0.3) is 16.8 Å². The van der Waals surface area contributed by atoms with Gasteiger partial charge in [-0.25, -0.2) is 0 Å². The predicted molar refractivity (Wildman–Crippen MR) is 89.0 cm³/mol. The second-order valence-corrected chi connectivity index (χ2v) is 10.7. The lowest BCUT2D eigenvalue weighted by Crippen LogP contribution is -1.98. The van der Waals surface area contributed by atoms with Crippen molar-refractivity contribution in [3.05, 3.63) is 54.1 Å². The van der Waals surface area contributed by atoms with Gasteiger partial charge in [0.2, 0.25) is 0 Å². The van der Waals surface area contributed by atoms with Crippen LogP contribution < -0.4 is 0 Å². The molecule has 0 spiro atoms. The first-order valence-corrected chi connectivity index (χ1v) is 11.4. The van der Waals surface area contributed by atoms with E-state index in [4.69, 9.17) is 0 Å². The van der Waals surface area contributed by atoms with Crippen LogP contribution in [0.15, 0.2) is 48.5 Å². The Balaban J connectivity index is 2.14. The van der Waals surface area contributed by atoms with Crippen molar-refractivity contribution in [1.82, 2.24) is 0 Å². The maximum atomic E-state index is 3.85. The van der Waals surface area contributed by atoms with E-state index < -0.39 is 7.42 Å².